The maximum Gasteiger partial charge on any atom is 0.673 e. The molecule has 0 amide bonds. The zero-order valence-electron chi connectivity index (χ0n) is 24.9. The molecule has 4 aromatic heterocycles. The van der Waals surface area contributed by atoms with E-state index in [1.807, 2.05) is 88.0 Å². The molecule has 4 heterocycles. The summed E-state index contributed by atoms with van der Waals surface area (Å²) in [4.78, 5) is 53.5. The van der Waals surface area contributed by atoms with Crippen LogP contribution in [-0.4, -0.2) is 34.7 Å². The van der Waals surface area contributed by atoms with E-state index in [2.05, 4.69) is 0 Å². The van der Waals surface area contributed by atoms with Crippen molar-refractivity contribution < 1.29 is 17.3 Å². The van der Waals surface area contributed by atoms with Gasteiger partial charge < -0.3 is 17.3 Å². The van der Waals surface area contributed by atoms with Gasteiger partial charge in [0.05, 0.1) is 17.1 Å². The molecule has 0 spiro atoms. The lowest BCUT2D eigenvalue weighted by Crippen LogP contribution is -2.37. The highest BCUT2D eigenvalue weighted by Gasteiger charge is 2.28. The molecule has 15 heteroatoms. The number of fused-ring (bicyclic) bond motifs is 6. The first kappa shape index (κ1) is 30.3. The van der Waals surface area contributed by atoms with E-state index in [1.54, 1.807) is 14.1 Å². The van der Waals surface area contributed by atoms with Gasteiger partial charge in [0.1, 0.15) is 27.5 Å². The van der Waals surface area contributed by atoms with Crippen molar-refractivity contribution in [2.75, 3.05) is 0 Å². The molecule has 234 valence electrons. The van der Waals surface area contributed by atoms with Crippen LogP contribution in [0.25, 0.3) is 55.2 Å². The molecule has 10 nitrogen and oxygen atoms in total. The van der Waals surface area contributed by atoms with Crippen LogP contribution in [0.4, 0.5) is 17.3 Å². The molecule has 0 saturated heterocycles. The van der Waals surface area contributed by atoms with Gasteiger partial charge in [-0.25, -0.2) is 14.2 Å². The third kappa shape index (κ3) is 4.62. The van der Waals surface area contributed by atoms with E-state index >= 15 is 0 Å². The summed E-state index contributed by atoms with van der Waals surface area (Å²) < 4.78 is 47.9. The van der Waals surface area contributed by atoms with Crippen LogP contribution in [0.3, 0.4) is 0 Å². The molecule has 7 aromatic rings. The lowest BCUT2D eigenvalue weighted by atomic mass is 10.2. The van der Waals surface area contributed by atoms with Crippen LogP contribution >= 0.6 is 0 Å². The Bertz CT molecular complexity index is 2600. The van der Waals surface area contributed by atoms with Gasteiger partial charge in [-0.15, -0.1) is 0 Å². The van der Waals surface area contributed by atoms with Gasteiger partial charge in [-0.2, -0.15) is 0 Å². The van der Waals surface area contributed by atoms with Crippen LogP contribution in [0.15, 0.2) is 98.0 Å². The quantitative estimate of drug-likeness (QED) is 0.162. The monoisotopic (exact) mass is 632 g/mol. The summed E-state index contributed by atoms with van der Waals surface area (Å²) in [5, 5.41) is 2.00. The zero-order valence-corrected chi connectivity index (χ0v) is 24.9. The van der Waals surface area contributed by atoms with Gasteiger partial charge in [-0.1, -0.05) is 36.4 Å². The largest absolute Gasteiger partial charge is 0.673 e. The van der Waals surface area contributed by atoms with Crippen molar-refractivity contribution in [2.24, 2.45) is 28.2 Å². The van der Waals surface area contributed by atoms with E-state index in [0.717, 1.165) is 20.5 Å². The summed E-state index contributed by atoms with van der Waals surface area (Å²) in [5.74, 6) is 0. The van der Waals surface area contributed by atoms with E-state index < -0.39 is 29.8 Å². The second-order valence-electron chi connectivity index (χ2n) is 10.7. The van der Waals surface area contributed by atoms with Crippen LogP contribution in [0.1, 0.15) is 0 Å². The predicted octanol–water partition coefficient (Wildman–Crippen LogP) is 4.26. The fourth-order valence-corrected chi connectivity index (χ4v) is 5.98. The van der Waals surface area contributed by atoms with Gasteiger partial charge in [0.2, 0.25) is 0 Å². The smallest absolute Gasteiger partial charge is 0.418 e. The number of hydrogen-bond acceptors (Lipinski definition) is 4. The van der Waals surface area contributed by atoms with Crippen molar-refractivity contribution in [1.82, 2.24) is 27.4 Å². The van der Waals surface area contributed by atoms with Gasteiger partial charge in [0, 0.05) is 46.0 Å². The zero-order chi connectivity index (χ0) is 33.2. The van der Waals surface area contributed by atoms with Gasteiger partial charge in [0.25, 0.3) is 5.56 Å². The van der Waals surface area contributed by atoms with Gasteiger partial charge in [-0.3, -0.25) is 32.4 Å². The Morgan fingerprint density at radius 3 is 1.50 bits per heavy atom. The Morgan fingerprint density at radius 2 is 1.00 bits per heavy atom. The number of para-hydroxylation sites is 2. The van der Waals surface area contributed by atoms with E-state index in [1.165, 1.54) is 23.2 Å². The Morgan fingerprint density at radius 1 is 0.565 bits per heavy atom. The molecule has 0 saturated carbocycles. The molecule has 0 fully saturated rings. The summed E-state index contributed by atoms with van der Waals surface area (Å²) in [6.45, 7) is 0. The first-order chi connectivity index (χ1) is 21.7. The fraction of sp³-hybridized carbons (Fsp3) is 0.129. The molecule has 0 aliphatic heterocycles. The third-order valence-corrected chi connectivity index (χ3v) is 7.98. The molecule has 3 aromatic carbocycles. The standard InChI is InChI=1S/C31H25N6O4.BF4/c1-32-26-24(28(38)34(3)30(32)40)20-15-16-22-21(17-23(20)37(26)19-13-9-6-10-14-19)25-27(33(2)31(41)35(4)29(25)39)36(22)18-11-7-5-8-12-18;2-1(3,4)5/h5-17H,1-4H3;/q+1;-1. The lowest BCUT2D eigenvalue weighted by molar-refractivity contribution is 0.368. The molecule has 0 aliphatic carbocycles. The number of hydrogen-bond donors (Lipinski definition) is 0. The van der Waals surface area contributed by atoms with Crippen LogP contribution in [0, 0.1) is 0 Å². The summed E-state index contributed by atoms with van der Waals surface area (Å²) in [5.41, 5.74) is 2.06. The minimum Gasteiger partial charge on any atom is -0.418 e. The molecule has 0 bridgehead atoms. The minimum absolute atomic E-state index is 0.373. The van der Waals surface area contributed by atoms with Gasteiger partial charge in [-0.05, 0) is 24.3 Å². The summed E-state index contributed by atoms with van der Waals surface area (Å²) in [6.07, 6.45) is 0. The molecular formula is C31H25BF4N6O4. The molecule has 0 aliphatic rings. The highest BCUT2D eigenvalue weighted by Crippen LogP contribution is 2.35. The molecule has 0 unspecified atom stereocenters. The van der Waals surface area contributed by atoms with E-state index in [9.17, 15) is 36.4 Å². The SMILES string of the molecule is Cn1c(=O)c2c3[cH+]c4c(ccc3n(-c3ccccc3)c2n(C)c1=O)c1c(=O)n(C)c(=O)n(C)c1n4-c1ccccc1.F[B-](F)(F)F. The number of benzene rings is 2. The molecular weight excluding hydrogens is 607 g/mol. The second-order valence-corrected chi connectivity index (χ2v) is 10.7. The van der Waals surface area contributed by atoms with Crippen LogP contribution < -0.4 is 22.5 Å². The predicted molar refractivity (Wildman–Crippen MR) is 171 cm³/mol. The molecule has 0 atom stereocenters. The number of aromatic nitrogens is 6. The molecule has 46 heavy (non-hydrogen) atoms. The number of halogens is 4. The van der Waals surface area contributed by atoms with Crippen molar-refractivity contribution in [1.29, 1.82) is 0 Å². The fourth-order valence-electron chi connectivity index (χ4n) is 5.98. The van der Waals surface area contributed by atoms with Crippen molar-refractivity contribution in [3.63, 3.8) is 0 Å². The van der Waals surface area contributed by atoms with Crippen molar-refractivity contribution in [2.45, 2.75) is 0 Å². The van der Waals surface area contributed by atoms with E-state index in [-0.39, 0.29) is 0 Å². The summed E-state index contributed by atoms with van der Waals surface area (Å²) >= 11 is 0. The average molecular weight is 632 g/mol. The number of aryl methyl sites for hydroxylation is 2. The van der Waals surface area contributed by atoms with E-state index in [0.29, 0.717) is 43.9 Å². The first-order valence-corrected chi connectivity index (χ1v) is 13.9. The maximum absolute atomic E-state index is 13.8. The Balaban J connectivity index is 0.000000692. The molecule has 0 radical (unpaired) electrons. The molecule has 7 rings (SSSR count). The summed E-state index contributed by atoms with van der Waals surface area (Å²) in [7, 11) is 0.231. The minimum atomic E-state index is -6.00. The van der Waals surface area contributed by atoms with Crippen molar-refractivity contribution in [3.8, 4) is 11.4 Å². The number of nitrogens with zero attached hydrogens (tertiary/aromatic N) is 6. The van der Waals surface area contributed by atoms with Crippen molar-refractivity contribution >= 4 is 51.1 Å². The topological polar surface area (TPSA) is 97.9 Å². The molecule has 0 N–H and O–H groups in total. The lowest BCUT2D eigenvalue weighted by Gasteiger charge is -2.09. The second kappa shape index (κ2) is 10.7. The normalized spacial score (nSPS) is 11.8. The van der Waals surface area contributed by atoms with Gasteiger partial charge >= 0.3 is 24.2 Å². The average Bonchev–Trinajstić information content (AvgIpc) is 3.45. The Labute approximate surface area is 255 Å². The van der Waals surface area contributed by atoms with Crippen LogP contribution in [-0.2, 0) is 28.2 Å². The summed E-state index contributed by atoms with van der Waals surface area (Å²) in [6, 6.07) is 24.6. The van der Waals surface area contributed by atoms with Crippen LogP contribution in [0.5, 0.6) is 0 Å². The third-order valence-electron chi connectivity index (χ3n) is 7.98. The van der Waals surface area contributed by atoms with E-state index in [4.69, 9.17) is 0 Å². The Hall–Kier alpha value is -5.73. The van der Waals surface area contributed by atoms with Gasteiger partial charge in [0.15, 0.2) is 11.0 Å². The van der Waals surface area contributed by atoms with Crippen LogP contribution in [0.2, 0.25) is 0 Å². The van der Waals surface area contributed by atoms with Crippen molar-refractivity contribution in [3.05, 3.63) is 121 Å². The maximum atomic E-state index is 13.8. The Kier molecular flexibility index (Phi) is 7.06. The first-order valence-electron chi connectivity index (χ1n) is 13.9. The highest BCUT2D eigenvalue weighted by atomic mass is 19.5. The highest BCUT2D eigenvalue weighted by molar-refractivity contribution is 6.50. The number of rotatable bonds is 2.